The van der Waals surface area contributed by atoms with Crippen molar-refractivity contribution in [2.75, 3.05) is 13.2 Å². The van der Waals surface area contributed by atoms with E-state index in [1.54, 1.807) is 0 Å². The van der Waals surface area contributed by atoms with Crippen molar-refractivity contribution in [2.45, 2.75) is 173 Å². The van der Waals surface area contributed by atoms with Crippen LogP contribution in [-0.2, 0) is 9.47 Å². The summed E-state index contributed by atoms with van der Waals surface area (Å²) in [6, 6.07) is 0. The Morgan fingerprint density at radius 2 is 0.812 bits per heavy atom. The number of unbranched alkanes of at least 4 members (excludes halogenated alkanes) is 10. The average Bonchev–Trinajstić information content (AvgIpc) is 3.49. The SMILES string of the molecule is CCCCCC=CCC=CCC=CCC=CCCCCC1(CCCCC=CCC=CCC=CCC=CCCCCC)OCC(CCO)O1. The monoisotopic (exact) mass is 663 g/mol. The molecule has 1 aliphatic heterocycles. The lowest BCUT2D eigenvalue weighted by Gasteiger charge is -2.28. The van der Waals surface area contributed by atoms with Gasteiger partial charge in [-0.25, -0.2) is 0 Å². The van der Waals surface area contributed by atoms with Gasteiger partial charge in [-0.1, -0.05) is 137 Å². The molecule has 1 aliphatic rings. The van der Waals surface area contributed by atoms with Crippen molar-refractivity contribution < 1.29 is 14.6 Å². The maximum Gasteiger partial charge on any atom is 0.168 e. The molecule has 0 bridgehead atoms. The second-order valence-electron chi connectivity index (χ2n) is 13.1. The third kappa shape index (κ3) is 27.7. The molecule has 0 amide bonds. The van der Waals surface area contributed by atoms with E-state index in [1.807, 2.05) is 0 Å². The normalized spacial score (nSPS) is 19.3. The van der Waals surface area contributed by atoms with Crippen LogP contribution in [0.2, 0.25) is 0 Å². The fourth-order valence-corrected chi connectivity index (χ4v) is 5.72. The summed E-state index contributed by atoms with van der Waals surface area (Å²) in [5.74, 6) is -0.463. The van der Waals surface area contributed by atoms with E-state index in [1.165, 1.54) is 51.4 Å². The molecule has 48 heavy (non-hydrogen) atoms. The van der Waals surface area contributed by atoms with Crippen LogP contribution >= 0.6 is 0 Å². The molecular formula is C45H74O3. The summed E-state index contributed by atoms with van der Waals surface area (Å²) in [6.45, 7) is 5.27. The minimum absolute atomic E-state index is 0.0251. The van der Waals surface area contributed by atoms with E-state index in [0.29, 0.717) is 13.0 Å². The number of allylic oxidation sites excluding steroid dienone is 16. The summed E-state index contributed by atoms with van der Waals surface area (Å²) in [6.07, 6.45) is 62.2. The molecule has 0 aliphatic carbocycles. The van der Waals surface area contributed by atoms with Crippen molar-refractivity contribution in [2.24, 2.45) is 0 Å². The van der Waals surface area contributed by atoms with Crippen LogP contribution in [-0.4, -0.2) is 30.2 Å². The number of hydrogen-bond donors (Lipinski definition) is 1. The number of ether oxygens (including phenoxy) is 2. The standard InChI is InChI=1S/C45H74O3/c1-3-5-7-9-11-13-15-17-19-21-23-25-27-29-31-33-35-37-40-45(47-43-44(48-45)39-42-46)41-38-36-34-32-30-28-26-24-22-20-18-16-14-12-10-8-6-4-2/h11-14,17-20,23-26,29-32,44,46H,3-10,15-16,21-22,27-28,33-43H2,1-2H3. The van der Waals surface area contributed by atoms with Crippen LogP contribution in [0.1, 0.15) is 162 Å². The lowest BCUT2D eigenvalue weighted by atomic mass is 10.00. The second-order valence-corrected chi connectivity index (χ2v) is 13.1. The van der Waals surface area contributed by atoms with Crippen LogP contribution in [0.4, 0.5) is 0 Å². The Balaban J connectivity index is 2.17. The summed E-state index contributed by atoms with van der Waals surface area (Å²) in [4.78, 5) is 0. The van der Waals surface area contributed by atoms with Gasteiger partial charge in [-0.05, 0) is 109 Å². The quantitative estimate of drug-likeness (QED) is 0.0575. The zero-order valence-electron chi connectivity index (χ0n) is 31.3. The van der Waals surface area contributed by atoms with Gasteiger partial charge in [0.15, 0.2) is 5.79 Å². The highest BCUT2D eigenvalue weighted by Crippen LogP contribution is 2.35. The average molecular weight is 663 g/mol. The van der Waals surface area contributed by atoms with Gasteiger partial charge < -0.3 is 14.6 Å². The van der Waals surface area contributed by atoms with Crippen molar-refractivity contribution in [1.29, 1.82) is 0 Å². The zero-order valence-corrected chi connectivity index (χ0v) is 31.3. The van der Waals surface area contributed by atoms with Crippen molar-refractivity contribution in [1.82, 2.24) is 0 Å². The van der Waals surface area contributed by atoms with Crippen LogP contribution in [0.25, 0.3) is 0 Å². The second kappa shape index (κ2) is 34.7. The molecule has 0 aromatic heterocycles. The van der Waals surface area contributed by atoms with E-state index < -0.39 is 5.79 Å². The molecule has 1 heterocycles. The molecule has 0 saturated carbocycles. The predicted molar refractivity (Wildman–Crippen MR) is 211 cm³/mol. The third-order valence-electron chi connectivity index (χ3n) is 8.64. The van der Waals surface area contributed by atoms with E-state index >= 15 is 0 Å². The Hall–Kier alpha value is -2.20. The summed E-state index contributed by atoms with van der Waals surface area (Å²) in [7, 11) is 0. The van der Waals surface area contributed by atoms with Crippen LogP contribution in [0, 0.1) is 0 Å². The zero-order chi connectivity index (χ0) is 34.5. The Labute approximate surface area is 297 Å². The van der Waals surface area contributed by atoms with Crippen LogP contribution in [0.3, 0.4) is 0 Å². The third-order valence-corrected chi connectivity index (χ3v) is 8.64. The van der Waals surface area contributed by atoms with Crippen molar-refractivity contribution >= 4 is 0 Å². The highest BCUT2D eigenvalue weighted by Gasteiger charge is 2.40. The molecule has 1 rings (SSSR count). The highest BCUT2D eigenvalue weighted by atomic mass is 16.7. The predicted octanol–water partition coefficient (Wildman–Crippen LogP) is 13.6. The summed E-state index contributed by atoms with van der Waals surface area (Å²) >= 11 is 0. The van der Waals surface area contributed by atoms with E-state index in [2.05, 4.69) is 111 Å². The minimum atomic E-state index is -0.463. The first-order chi connectivity index (χ1) is 23.8. The topological polar surface area (TPSA) is 38.7 Å². The minimum Gasteiger partial charge on any atom is -0.396 e. The lowest BCUT2D eigenvalue weighted by molar-refractivity contribution is -0.180. The first kappa shape index (κ1) is 43.8. The molecule has 272 valence electrons. The fourth-order valence-electron chi connectivity index (χ4n) is 5.72. The summed E-state index contributed by atoms with van der Waals surface area (Å²) in [5.41, 5.74) is 0. The van der Waals surface area contributed by atoms with Gasteiger partial charge in [0.05, 0.1) is 12.7 Å². The number of hydrogen-bond acceptors (Lipinski definition) is 3. The van der Waals surface area contributed by atoms with Crippen molar-refractivity contribution in [3.05, 3.63) is 97.2 Å². The smallest absolute Gasteiger partial charge is 0.168 e. The van der Waals surface area contributed by atoms with Crippen molar-refractivity contribution in [3.8, 4) is 0 Å². The molecule has 1 fully saturated rings. The largest absolute Gasteiger partial charge is 0.396 e. The van der Waals surface area contributed by atoms with E-state index in [-0.39, 0.29) is 12.7 Å². The van der Waals surface area contributed by atoms with E-state index in [4.69, 9.17) is 9.47 Å². The Morgan fingerprint density at radius 3 is 1.15 bits per heavy atom. The molecule has 1 saturated heterocycles. The number of rotatable bonds is 32. The van der Waals surface area contributed by atoms with Gasteiger partial charge in [-0.3, -0.25) is 0 Å². The van der Waals surface area contributed by atoms with Crippen LogP contribution in [0.15, 0.2) is 97.2 Å². The first-order valence-electron chi connectivity index (χ1n) is 19.9. The molecule has 3 heteroatoms. The maximum atomic E-state index is 9.40. The van der Waals surface area contributed by atoms with Gasteiger partial charge in [-0.15, -0.1) is 0 Å². The fraction of sp³-hybridized carbons (Fsp3) is 0.644. The first-order valence-corrected chi connectivity index (χ1v) is 19.9. The number of aliphatic hydroxyl groups excluding tert-OH is 1. The molecule has 0 aromatic rings. The Kier molecular flexibility index (Phi) is 31.6. The molecule has 1 atom stereocenters. The Morgan fingerprint density at radius 1 is 0.479 bits per heavy atom. The molecule has 1 N–H and O–H groups in total. The van der Waals surface area contributed by atoms with Gasteiger partial charge in [-0.2, -0.15) is 0 Å². The highest BCUT2D eigenvalue weighted by molar-refractivity contribution is 5.00. The van der Waals surface area contributed by atoms with Gasteiger partial charge in [0.25, 0.3) is 0 Å². The Bertz CT molecular complexity index is 868. The molecule has 1 unspecified atom stereocenters. The van der Waals surface area contributed by atoms with E-state index in [9.17, 15) is 5.11 Å². The lowest BCUT2D eigenvalue weighted by Crippen LogP contribution is -2.31. The van der Waals surface area contributed by atoms with Crippen molar-refractivity contribution in [3.63, 3.8) is 0 Å². The molecule has 0 spiro atoms. The summed E-state index contributed by atoms with van der Waals surface area (Å²) < 4.78 is 12.7. The van der Waals surface area contributed by atoms with Gasteiger partial charge in [0.1, 0.15) is 0 Å². The van der Waals surface area contributed by atoms with E-state index in [0.717, 1.165) is 89.9 Å². The molecule has 0 radical (unpaired) electrons. The molecule has 0 aromatic carbocycles. The summed E-state index contributed by atoms with van der Waals surface area (Å²) in [5, 5.41) is 9.40. The van der Waals surface area contributed by atoms with Crippen LogP contribution in [0.5, 0.6) is 0 Å². The molecular weight excluding hydrogens is 588 g/mol. The molecule has 3 nitrogen and oxygen atoms in total. The van der Waals surface area contributed by atoms with Gasteiger partial charge in [0, 0.05) is 19.4 Å². The maximum absolute atomic E-state index is 9.40. The van der Waals surface area contributed by atoms with Gasteiger partial charge >= 0.3 is 0 Å². The van der Waals surface area contributed by atoms with Gasteiger partial charge in [0.2, 0.25) is 0 Å². The van der Waals surface area contributed by atoms with Crippen LogP contribution < -0.4 is 0 Å². The number of aliphatic hydroxyl groups is 1.